The molecule has 1 aliphatic carbocycles. The van der Waals surface area contributed by atoms with Crippen molar-refractivity contribution in [2.45, 2.75) is 56.5 Å². The van der Waals surface area contributed by atoms with Crippen molar-refractivity contribution in [3.63, 3.8) is 0 Å². The lowest BCUT2D eigenvalue weighted by atomic mass is 9.87. The summed E-state index contributed by atoms with van der Waals surface area (Å²) >= 11 is 0. The van der Waals surface area contributed by atoms with Crippen LogP contribution in [0.25, 0.3) is 0 Å². The maximum absolute atomic E-state index is 13.7. The van der Waals surface area contributed by atoms with Crippen molar-refractivity contribution < 1.29 is 14.4 Å². The number of nitrogens with zero attached hydrogens (tertiary/aromatic N) is 1. The summed E-state index contributed by atoms with van der Waals surface area (Å²) in [4.78, 5) is 41.7. The summed E-state index contributed by atoms with van der Waals surface area (Å²) in [5.74, 6) is -0.458. The Bertz CT molecular complexity index is 1200. The second-order valence-electron chi connectivity index (χ2n) is 10.7. The van der Waals surface area contributed by atoms with Gasteiger partial charge < -0.3 is 15.5 Å². The third-order valence-corrected chi connectivity index (χ3v) is 8.14. The van der Waals surface area contributed by atoms with E-state index < -0.39 is 0 Å². The van der Waals surface area contributed by atoms with Gasteiger partial charge in [0.15, 0.2) is 0 Å². The van der Waals surface area contributed by atoms with E-state index >= 15 is 0 Å². The fourth-order valence-corrected chi connectivity index (χ4v) is 5.93. The van der Waals surface area contributed by atoms with E-state index in [0.717, 1.165) is 36.8 Å². The zero-order chi connectivity index (χ0) is 27.0. The lowest BCUT2D eigenvalue weighted by molar-refractivity contribution is -0.136. The standard InChI is InChI=1S/C33H37N3O3/c37-31(26-16-8-3-9-17-26)34-28-18-10-11-19-29(28)35-32(38)27-20-22-36(23-21-27)33(39)30(24-12-4-1-5-13-24)25-14-6-2-7-15-25/h1-9,12-17,27-30H,10-11,18-23H2,(H,34,37)(H,35,38)/t28-,29-/m1/s1. The highest BCUT2D eigenvalue weighted by Crippen LogP contribution is 2.29. The maximum atomic E-state index is 13.7. The summed E-state index contributed by atoms with van der Waals surface area (Å²) in [6.45, 7) is 1.12. The number of carbonyl (C=O) groups is 3. The Morgan fingerprint density at radius 2 is 1.13 bits per heavy atom. The van der Waals surface area contributed by atoms with Crippen LogP contribution in [0.2, 0.25) is 0 Å². The summed E-state index contributed by atoms with van der Waals surface area (Å²) in [6, 6.07) is 28.9. The molecule has 5 rings (SSSR count). The van der Waals surface area contributed by atoms with E-state index in [4.69, 9.17) is 0 Å². The topological polar surface area (TPSA) is 78.5 Å². The van der Waals surface area contributed by atoms with Crippen molar-refractivity contribution in [1.82, 2.24) is 15.5 Å². The molecule has 0 spiro atoms. The highest BCUT2D eigenvalue weighted by atomic mass is 16.2. The van der Waals surface area contributed by atoms with Gasteiger partial charge in [0, 0.05) is 36.7 Å². The van der Waals surface area contributed by atoms with Gasteiger partial charge in [0.2, 0.25) is 11.8 Å². The Kier molecular flexibility index (Phi) is 8.71. The van der Waals surface area contributed by atoms with Crippen LogP contribution in [0, 0.1) is 5.92 Å². The predicted molar refractivity (Wildman–Crippen MR) is 152 cm³/mol. The molecule has 2 aliphatic rings. The molecule has 3 aromatic rings. The molecule has 1 heterocycles. The summed E-state index contributed by atoms with van der Waals surface area (Å²) in [6.07, 6.45) is 5.07. The Morgan fingerprint density at radius 1 is 0.641 bits per heavy atom. The van der Waals surface area contributed by atoms with Gasteiger partial charge in [-0.25, -0.2) is 0 Å². The zero-order valence-electron chi connectivity index (χ0n) is 22.3. The quantitative estimate of drug-likeness (QED) is 0.462. The minimum atomic E-state index is -0.353. The van der Waals surface area contributed by atoms with Crippen molar-refractivity contribution in [2.24, 2.45) is 5.92 Å². The summed E-state index contributed by atoms with van der Waals surface area (Å²) < 4.78 is 0. The number of amides is 3. The molecule has 0 unspecified atom stereocenters. The minimum absolute atomic E-state index is 0.0376. The zero-order valence-corrected chi connectivity index (χ0v) is 22.3. The average molecular weight is 524 g/mol. The number of piperidine rings is 1. The van der Waals surface area contributed by atoms with Gasteiger partial charge in [-0.3, -0.25) is 14.4 Å². The van der Waals surface area contributed by atoms with E-state index in [2.05, 4.69) is 10.6 Å². The second kappa shape index (κ2) is 12.7. The van der Waals surface area contributed by atoms with E-state index in [1.54, 1.807) is 12.1 Å². The Balaban J connectivity index is 1.18. The molecule has 1 saturated carbocycles. The van der Waals surface area contributed by atoms with Crippen molar-refractivity contribution in [3.8, 4) is 0 Å². The van der Waals surface area contributed by atoms with Crippen LogP contribution in [-0.2, 0) is 9.59 Å². The molecule has 6 heteroatoms. The van der Waals surface area contributed by atoms with Crippen LogP contribution in [0.4, 0.5) is 0 Å². The van der Waals surface area contributed by atoms with Gasteiger partial charge in [0.25, 0.3) is 5.91 Å². The molecule has 1 saturated heterocycles. The number of hydrogen-bond acceptors (Lipinski definition) is 3. The van der Waals surface area contributed by atoms with Crippen molar-refractivity contribution in [2.75, 3.05) is 13.1 Å². The number of hydrogen-bond donors (Lipinski definition) is 2. The number of carbonyl (C=O) groups excluding carboxylic acids is 3. The number of likely N-dealkylation sites (tertiary alicyclic amines) is 1. The normalized spacial score (nSPS) is 19.9. The van der Waals surface area contributed by atoms with Crippen LogP contribution < -0.4 is 10.6 Å². The van der Waals surface area contributed by atoms with Crippen molar-refractivity contribution in [1.29, 1.82) is 0 Å². The lowest BCUT2D eigenvalue weighted by Gasteiger charge is -2.36. The molecule has 1 aliphatic heterocycles. The molecule has 0 radical (unpaired) electrons. The molecule has 202 valence electrons. The van der Waals surface area contributed by atoms with Crippen LogP contribution in [0.15, 0.2) is 91.0 Å². The van der Waals surface area contributed by atoms with Gasteiger partial charge in [-0.1, -0.05) is 91.7 Å². The van der Waals surface area contributed by atoms with E-state index in [-0.39, 0.29) is 41.6 Å². The minimum Gasteiger partial charge on any atom is -0.351 e. The molecule has 0 bridgehead atoms. The van der Waals surface area contributed by atoms with Gasteiger partial charge in [0.1, 0.15) is 0 Å². The smallest absolute Gasteiger partial charge is 0.251 e. The molecule has 3 aromatic carbocycles. The fraction of sp³-hybridized carbons (Fsp3) is 0.364. The third kappa shape index (κ3) is 6.56. The molecule has 0 aromatic heterocycles. The van der Waals surface area contributed by atoms with Gasteiger partial charge in [-0.05, 0) is 48.9 Å². The van der Waals surface area contributed by atoms with Gasteiger partial charge in [-0.2, -0.15) is 0 Å². The highest BCUT2D eigenvalue weighted by Gasteiger charge is 2.34. The van der Waals surface area contributed by atoms with Crippen LogP contribution in [0.3, 0.4) is 0 Å². The molecule has 3 amide bonds. The first-order valence-electron chi connectivity index (χ1n) is 14.1. The average Bonchev–Trinajstić information content (AvgIpc) is 3.00. The molecular weight excluding hydrogens is 486 g/mol. The van der Waals surface area contributed by atoms with Crippen molar-refractivity contribution in [3.05, 3.63) is 108 Å². The summed E-state index contributed by atoms with van der Waals surface area (Å²) in [5.41, 5.74) is 2.60. The number of nitrogens with one attached hydrogen (secondary N) is 2. The molecule has 39 heavy (non-hydrogen) atoms. The van der Waals surface area contributed by atoms with Gasteiger partial charge in [-0.15, -0.1) is 0 Å². The fourth-order valence-electron chi connectivity index (χ4n) is 5.93. The number of benzene rings is 3. The largest absolute Gasteiger partial charge is 0.351 e. The molecular formula is C33H37N3O3. The second-order valence-corrected chi connectivity index (χ2v) is 10.7. The summed E-state index contributed by atoms with van der Waals surface area (Å²) in [5, 5.41) is 6.41. The van der Waals surface area contributed by atoms with Gasteiger partial charge in [0.05, 0.1) is 5.92 Å². The Hall–Kier alpha value is -3.93. The predicted octanol–water partition coefficient (Wildman–Crippen LogP) is 4.91. The number of rotatable bonds is 7. The lowest BCUT2D eigenvalue weighted by Crippen LogP contribution is -2.55. The maximum Gasteiger partial charge on any atom is 0.251 e. The van der Waals surface area contributed by atoms with Gasteiger partial charge >= 0.3 is 0 Å². The van der Waals surface area contributed by atoms with E-state index in [1.165, 1.54) is 0 Å². The van der Waals surface area contributed by atoms with Crippen LogP contribution >= 0.6 is 0 Å². The molecule has 6 nitrogen and oxygen atoms in total. The van der Waals surface area contributed by atoms with Crippen LogP contribution in [0.5, 0.6) is 0 Å². The van der Waals surface area contributed by atoms with Crippen LogP contribution in [0.1, 0.15) is 65.9 Å². The molecule has 2 fully saturated rings. The first-order chi connectivity index (χ1) is 19.1. The highest BCUT2D eigenvalue weighted by molar-refractivity contribution is 5.94. The third-order valence-electron chi connectivity index (χ3n) is 8.14. The first-order valence-corrected chi connectivity index (χ1v) is 14.1. The van der Waals surface area contributed by atoms with E-state index in [0.29, 0.717) is 31.5 Å². The molecule has 2 atom stereocenters. The monoisotopic (exact) mass is 523 g/mol. The first kappa shape index (κ1) is 26.7. The SMILES string of the molecule is O=C(N[C@@H]1CCCC[C@H]1NC(=O)C1CCN(C(=O)C(c2ccccc2)c2ccccc2)CC1)c1ccccc1. The molecule has 2 N–H and O–H groups in total. The Morgan fingerprint density at radius 3 is 1.67 bits per heavy atom. The Labute approximate surface area is 230 Å². The van der Waals surface area contributed by atoms with Crippen molar-refractivity contribution >= 4 is 17.7 Å². The van der Waals surface area contributed by atoms with E-state index in [1.807, 2.05) is 83.8 Å². The summed E-state index contributed by atoms with van der Waals surface area (Å²) in [7, 11) is 0. The van der Waals surface area contributed by atoms with Crippen LogP contribution in [-0.4, -0.2) is 47.8 Å². The van der Waals surface area contributed by atoms with E-state index in [9.17, 15) is 14.4 Å².